The van der Waals surface area contributed by atoms with Gasteiger partial charge in [0.25, 0.3) is 0 Å². The van der Waals surface area contributed by atoms with Crippen LogP contribution in [-0.2, 0) is 11.2 Å². The van der Waals surface area contributed by atoms with Crippen molar-refractivity contribution in [2.24, 2.45) is 0 Å². The molecular formula is C12H15IO. The number of unbranched alkanes of at least 4 members (excludes halogenated alkanes) is 3. The van der Waals surface area contributed by atoms with Crippen molar-refractivity contribution in [3.63, 3.8) is 0 Å². The third-order valence-corrected chi connectivity index (χ3v) is 2.92. The lowest BCUT2D eigenvalue weighted by atomic mass is 10.1. The molecule has 0 N–H and O–H groups in total. The van der Waals surface area contributed by atoms with Gasteiger partial charge in [0.1, 0.15) is 6.29 Å². The Morgan fingerprint density at radius 3 is 2.43 bits per heavy atom. The van der Waals surface area contributed by atoms with E-state index in [2.05, 4.69) is 46.9 Å². The molecule has 0 saturated heterocycles. The standard InChI is InChI=1S/C12H15IO/c13-12-8-6-11(7-9-12)5-3-1-2-4-10-14/h6-10H,1-5H2. The normalized spacial score (nSPS) is 10.1. The second kappa shape index (κ2) is 6.98. The van der Waals surface area contributed by atoms with Gasteiger partial charge in [-0.25, -0.2) is 0 Å². The predicted molar refractivity (Wildman–Crippen MR) is 67.4 cm³/mol. The number of aldehydes is 1. The van der Waals surface area contributed by atoms with E-state index in [1.165, 1.54) is 15.6 Å². The summed E-state index contributed by atoms with van der Waals surface area (Å²) in [7, 11) is 0. The Labute approximate surface area is 99.0 Å². The molecule has 0 saturated carbocycles. The summed E-state index contributed by atoms with van der Waals surface area (Å²) >= 11 is 2.31. The molecule has 0 amide bonds. The maximum atomic E-state index is 10.1. The molecule has 14 heavy (non-hydrogen) atoms. The number of halogens is 1. The molecule has 76 valence electrons. The molecule has 1 aromatic rings. The van der Waals surface area contributed by atoms with Crippen LogP contribution < -0.4 is 0 Å². The van der Waals surface area contributed by atoms with Crippen molar-refractivity contribution < 1.29 is 4.79 Å². The van der Waals surface area contributed by atoms with E-state index in [1.54, 1.807) is 0 Å². The van der Waals surface area contributed by atoms with E-state index in [4.69, 9.17) is 0 Å². The highest BCUT2D eigenvalue weighted by Crippen LogP contribution is 2.10. The third-order valence-electron chi connectivity index (χ3n) is 2.20. The SMILES string of the molecule is O=CCCCCCc1ccc(I)cc1. The first-order chi connectivity index (χ1) is 6.83. The highest BCUT2D eigenvalue weighted by atomic mass is 127. The van der Waals surface area contributed by atoms with Gasteiger partial charge in [0.05, 0.1) is 0 Å². The Kier molecular flexibility index (Phi) is 5.83. The van der Waals surface area contributed by atoms with Crippen LogP contribution in [0.1, 0.15) is 31.2 Å². The molecule has 0 unspecified atom stereocenters. The first-order valence-electron chi connectivity index (χ1n) is 5.01. The molecule has 0 heterocycles. The molecule has 0 aliphatic rings. The molecule has 2 heteroatoms. The summed E-state index contributed by atoms with van der Waals surface area (Å²) in [6.45, 7) is 0. The van der Waals surface area contributed by atoms with Crippen molar-refractivity contribution in [3.05, 3.63) is 33.4 Å². The number of carbonyl (C=O) groups is 1. The van der Waals surface area contributed by atoms with Gasteiger partial charge in [-0.1, -0.05) is 18.6 Å². The summed E-state index contributed by atoms with van der Waals surface area (Å²) in [6, 6.07) is 8.64. The van der Waals surface area contributed by atoms with Crippen LogP contribution in [0.25, 0.3) is 0 Å². The fraction of sp³-hybridized carbons (Fsp3) is 0.417. The molecule has 0 fully saturated rings. The second-order valence-corrected chi connectivity index (χ2v) is 4.64. The maximum absolute atomic E-state index is 10.1. The van der Waals surface area contributed by atoms with Gasteiger partial charge in [0.2, 0.25) is 0 Å². The van der Waals surface area contributed by atoms with E-state index in [-0.39, 0.29) is 0 Å². The largest absolute Gasteiger partial charge is 0.303 e. The topological polar surface area (TPSA) is 17.1 Å². The fourth-order valence-corrected chi connectivity index (χ4v) is 1.74. The molecule has 0 bridgehead atoms. The molecule has 1 rings (SSSR count). The second-order valence-electron chi connectivity index (χ2n) is 3.39. The zero-order valence-corrected chi connectivity index (χ0v) is 10.4. The van der Waals surface area contributed by atoms with Crippen LogP contribution in [-0.4, -0.2) is 6.29 Å². The van der Waals surface area contributed by atoms with Crippen LogP contribution in [0, 0.1) is 3.57 Å². The molecule has 1 nitrogen and oxygen atoms in total. The number of carbonyl (C=O) groups excluding carboxylic acids is 1. The quantitative estimate of drug-likeness (QED) is 0.446. The average Bonchev–Trinajstić information content (AvgIpc) is 2.21. The molecule has 0 aliphatic heterocycles. The van der Waals surface area contributed by atoms with Crippen LogP contribution in [0.2, 0.25) is 0 Å². The Hall–Kier alpha value is -0.380. The maximum Gasteiger partial charge on any atom is 0.119 e. The Balaban J connectivity index is 2.18. The molecule has 0 aromatic heterocycles. The van der Waals surface area contributed by atoms with Gasteiger partial charge in [0, 0.05) is 9.99 Å². The lowest BCUT2D eigenvalue weighted by molar-refractivity contribution is -0.107. The summed E-state index contributed by atoms with van der Waals surface area (Å²) in [5.74, 6) is 0. The Bertz CT molecular complexity index is 266. The van der Waals surface area contributed by atoms with E-state index in [1.807, 2.05) is 0 Å². The van der Waals surface area contributed by atoms with Gasteiger partial charge in [-0.05, 0) is 59.5 Å². The van der Waals surface area contributed by atoms with Crippen molar-refractivity contribution >= 4 is 28.9 Å². The first-order valence-corrected chi connectivity index (χ1v) is 6.09. The predicted octanol–water partition coefficient (Wildman–Crippen LogP) is 3.59. The minimum Gasteiger partial charge on any atom is -0.303 e. The lowest BCUT2D eigenvalue weighted by Gasteiger charge is -2.00. The number of hydrogen-bond donors (Lipinski definition) is 0. The summed E-state index contributed by atoms with van der Waals surface area (Å²) in [4.78, 5) is 10.1. The van der Waals surface area contributed by atoms with E-state index in [0.29, 0.717) is 6.42 Å². The minimum absolute atomic E-state index is 0.715. The van der Waals surface area contributed by atoms with Crippen molar-refractivity contribution in [1.82, 2.24) is 0 Å². The summed E-state index contributed by atoms with van der Waals surface area (Å²) in [5, 5.41) is 0. The number of aryl methyl sites for hydroxylation is 1. The molecule has 0 radical (unpaired) electrons. The van der Waals surface area contributed by atoms with Crippen LogP contribution in [0.5, 0.6) is 0 Å². The van der Waals surface area contributed by atoms with Crippen molar-refractivity contribution in [3.8, 4) is 0 Å². The summed E-state index contributed by atoms with van der Waals surface area (Å²) in [5.41, 5.74) is 1.40. The van der Waals surface area contributed by atoms with Crippen LogP contribution in [0.3, 0.4) is 0 Å². The molecule has 0 atom stereocenters. The first kappa shape index (κ1) is 11.7. The summed E-state index contributed by atoms with van der Waals surface area (Å²) in [6.07, 6.45) is 6.24. The van der Waals surface area contributed by atoms with Gasteiger partial charge in [0.15, 0.2) is 0 Å². The Morgan fingerprint density at radius 2 is 1.79 bits per heavy atom. The monoisotopic (exact) mass is 302 g/mol. The van der Waals surface area contributed by atoms with Crippen LogP contribution in [0.4, 0.5) is 0 Å². The molecule has 0 spiro atoms. The highest BCUT2D eigenvalue weighted by molar-refractivity contribution is 14.1. The molecule has 0 aliphatic carbocycles. The minimum atomic E-state index is 0.715. The highest BCUT2D eigenvalue weighted by Gasteiger charge is 1.93. The van der Waals surface area contributed by atoms with Crippen molar-refractivity contribution in [2.75, 3.05) is 0 Å². The Morgan fingerprint density at radius 1 is 1.07 bits per heavy atom. The van der Waals surface area contributed by atoms with E-state index < -0.39 is 0 Å². The van der Waals surface area contributed by atoms with Crippen LogP contribution in [0.15, 0.2) is 24.3 Å². The fourth-order valence-electron chi connectivity index (χ4n) is 1.38. The number of benzene rings is 1. The smallest absolute Gasteiger partial charge is 0.119 e. The zero-order chi connectivity index (χ0) is 10.2. The average molecular weight is 302 g/mol. The van der Waals surface area contributed by atoms with Gasteiger partial charge >= 0.3 is 0 Å². The molecular weight excluding hydrogens is 287 g/mol. The van der Waals surface area contributed by atoms with Gasteiger partial charge < -0.3 is 4.79 Å². The van der Waals surface area contributed by atoms with E-state index in [9.17, 15) is 4.79 Å². The summed E-state index contributed by atoms with van der Waals surface area (Å²) < 4.78 is 1.28. The van der Waals surface area contributed by atoms with Gasteiger partial charge in [-0.15, -0.1) is 0 Å². The number of hydrogen-bond acceptors (Lipinski definition) is 1. The van der Waals surface area contributed by atoms with E-state index >= 15 is 0 Å². The van der Waals surface area contributed by atoms with Gasteiger partial charge in [-0.3, -0.25) is 0 Å². The zero-order valence-electron chi connectivity index (χ0n) is 8.21. The van der Waals surface area contributed by atoms with E-state index in [0.717, 1.165) is 25.5 Å². The molecule has 1 aromatic carbocycles. The lowest BCUT2D eigenvalue weighted by Crippen LogP contribution is -1.86. The van der Waals surface area contributed by atoms with Crippen LogP contribution >= 0.6 is 22.6 Å². The van der Waals surface area contributed by atoms with Gasteiger partial charge in [-0.2, -0.15) is 0 Å². The third kappa shape index (κ3) is 4.74. The van der Waals surface area contributed by atoms with Crippen molar-refractivity contribution in [2.45, 2.75) is 32.1 Å². The number of rotatable bonds is 6. The van der Waals surface area contributed by atoms with Crippen molar-refractivity contribution in [1.29, 1.82) is 0 Å².